The maximum atomic E-state index is 5.28. The van der Waals surface area contributed by atoms with Crippen molar-refractivity contribution in [2.24, 2.45) is 0 Å². The first kappa shape index (κ1) is 33.7. The number of nitrogens with zero attached hydrogens (tertiary/aromatic N) is 3. The van der Waals surface area contributed by atoms with Crippen LogP contribution in [0.3, 0.4) is 0 Å². The third-order valence-electron chi connectivity index (χ3n) is 12.1. The highest BCUT2D eigenvalue weighted by molar-refractivity contribution is 7.99. The summed E-state index contributed by atoms with van der Waals surface area (Å²) in [5.41, 5.74) is 12.4. The molecule has 0 saturated heterocycles. The number of fused-ring (bicyclic) bond motifs is 9. The molecule has 270 valence electrons. The first-order valence-electron chi connectivity index (χ1n) is 19.5. The van der Waals surface area contributed by atoms with E-state index in [-0.39, 0.29) is 5.41 Å². The molecule has 1 aliphatic heterocycles. The van der Waals surface area contributed by atoms with Gasteiger partial charge in [0.05, 0.1) is 5.41 Å². The molecule has 0 radical (unpaired) electrons. The average Bonchev–Trinajstić information content (AvgIpc) is 3.28. The van der Waals surface area contributed by atoms with Crippen LogP contribution in [0.1, 0.15) is 47.2 Å². The lowest BCUT2D eigenvalue weighted by Gasteiger charge is -2.50. The molecule has 0 saturated carbocycles. The summed E-state index contributed by atoms with van der Waals surface area (Å²) in [6, 6.07) is 67.9. The van der Waals surface area contributed by atoms with Crippen molar-refractivity contribution in [2.45, 2.75) is 34.5 Å². The minimum atomic E-state index is -0.468. The van der Waals surface area contributed by atoms with Crippen LogP contribution in [-0.2, 0) is 10.8 Å². The van der Waals surface area contributed by atoms with Crippen LogP contribution >= 0.6 is 11.8 Å². The number of hydrogen-bond acceptors (Lipinski definition) is 4. The molecule has 3 nitrogen and oxygen atoms in total. The molecule has 57 heavy (non-hydrogen) atoms. The zero-order valence-corrected chi connectivity index (χ0v) is 32.5. The van der Waals surface area contributed by atoms with E-state index in [2.05, 4.69) is 184 Å². The fraction of sp³-hybridized carbons (Fsp3) is 0.0755. The standard InChI is InChI=1S/C53H37N3S/c1-52(2)41-25-10-11-26-42(41)53(44-27-12-14-29-47(44)57-48-30-15-13-28-45(48)53)43-32-31-36(33-46(43)52)38-22-8-9-23-39(38)50-54-49(35-18-4-3-5-19-35)55-51(56-50)40-24-16-20-34-17-6-7-21-37(34)40/h3-33H,1-2H3. The van der Waals surface area contributed by atoms with Crippen molar-refractivity contribution in [2.75, 3.05) is 0 Å². The SMILES string of the molecule is CC1(C)c2ccccc2C2(c3ccccc3Sc3ccccc32)c2ccc(-c3ccccc3-c3nc(-c4ccccc4)nc(-c4cccc5ccccc45)n3)cc21. The molecule has 0 bridgehead atoms. The molecule has 9 aromatic rings. The van der Waals surface area contributed by atoms with E-state index in [9.17, 15) is 0 Å². The Balaban J connectivity index is 1.15. The van der Waals surface area contributed by atoms with Gasteiger partial charge in [-0.2, -0.15) is 0 Å². The second-order valence-corrected chi connectivity index (χ2v) is 16.6. The quantitative estimate of drug-likeness (QED) is 0.180. The highest BCUT2D eigenvalue weighted by Crippen LogP contribution is 2.61. The first-order valence-corrected chi connectivity index (χ1v) is 20.3. The molecule has 0 amide bonds. The summed E-state index contributed by atoms with van der Waals surface area (Å²) < 4.78 is 0. The van der Waals surface area contributed by atoms with Crippen molar-refractivity contribution in [3.05, 3.63) is 221 Å². The highest BCUT2D eigenvalue weighted by Gasteiger charge is 2.52. The molecular weight excluding hydrogens is 711 g/mol. The summed E-state index contributed by atoms with van der Waals surface area (Å²) in [7, 11) is 0. The van der Waals surface area contributed by atoms with Gasteiger partial charge >= 0.3 is 0 Å². The Bertz CT molecular complexity index is 2990. The molecule has 1 aromatic heterocycles. The zero-order chi connectivity index (χ0) is 38.1. The van der Waals surface area contributed by atoms with Gasteiger partial charge in [0.15, 0.2) is 17.5 Å². The van der Waals surface area contributed by atoms with Crippen LogP contribution in [0.2, 0.25) is 0 Å². The van der Waals surface area contributed by atoms with Crippen LogP contribution in [0.4, 0.5) is 0 Å². The predicted octanol–water partition coefficient (Wildman–Crippen LogP) is 13.2. The molecule has 0 fully saturated rings. The number of hydrogen-bond donors (Lipinski definition) is 0. The van der Waals surface area contributed by atoms with Gasteiger partial charge in [-0.05, 0) is 73.5 Å². The molecule has 0 N–H and O–H groups in total. The molecular formula is C53H37N3S. The van der Waals surface area contributed by atoms with Crippen LogP contribution in [0.25, 0.3) is 56.1 Å². The maximum Gasteiger partial charge on any atom is 0.164 e. The number of rotatable bonds is 4. The summed E-state index contributed by atoms with van der Waals surface area (Å²) in [5.74, 6) is 1.95. The Morgan fingerprint density at radius 1 is 0.368 bits per heavy atom. The Morgan fingerprint density at radius 3 is 1.65 bits per heavy atom. The predicted molar refractivity (Wildman–Crippen MR) is 234 cm³/mol. The van der Waals surface area contributed by atoms with E-state index in [0.29, 0.717) is 17.5 Å². The molecule has 1 spiro atoms. The third kappa shape index (κ3) is 5.10. The van der Waals surface area contributed by atoms with E-state index in [1.807, 2.05) is 30.0 Å². The fourth-order valence-corrected chi connectivity index (χ4v) is 10.7. The van der Waals surface area contributed by atoms with Crippen molar-refractivity contribution < 1.29 is 0 Å². The summed E-state index contributed by atoms with van der Waals surface area (Å²) >= 11 is 1.88. The monoisotopic (exact) mass is 747 g/mol. The zero-order valence-electron chi connectivity index (χ0n) is 31.6. The third-order valence-corrected chi connectivity index (χ3v) is 13.2. The summed E-state index contributed by atoms with van der Waals surface area (Å²) in [5, 5.41) is 2.26. The molecule has 2 aliphatic rings. The molecule has 1 aliphatic carbocycles. The largest absolute Gasteiger partial charge is 0.208 e. The Labute approximate surface area is 337 Å². The van der Waals surface area contributed by atoms with Crippen LogP contribution < -0.4 is 0 Å². The topological polar surface area (TPSA) is 38.7 Å². The van der Waals surface area contributed by atoms with Crippen molar-refractivity contribution >= 4 is 22.5 Å². The van der Waals surface area contributed by atoms with E-state index in [4.69, 9.17) is 15.0 Å². The minimum Gasteiger partial charge on any atom is -0.208 e. The van der Waals surface area contributed by atoms with E-state index in [1.54, 1.807) is 0 Å². The Hall–Kier alpha value is -6.62. The molecule has 11 rings (SSSR count). The lowest BCUT2D eigenvalue weighted by atomic mass is 9.54. The summed E-state index contributed by atoms with van der Waals surface area (Å²) in [4.78, 5) is 18.2. The second kappa shape index (κ2) is 13.0. The summed E-state index contributed by atoms with van der Waals surface area (Å²) in [6.07, 6.45) is 0. The van der Waals surface area contributed by atoms with Crippen molar-refractivity contribution in [1.82, 2.24) is 15.0 Å². The molecule has 0 unspecified atom stereocenters. The number of benzene rings is 8. The van der Waals surface area contributed by atoms with E-state index in [1.165, 1.54) is 43.2 Å². The molecule has 4 heteroatoms. The normalized spacial score (nSPS) is 14.4. The second-order valence-electron chi connectivity index (χ2n) is 15.5. The lowest BCUT2D eigenvalue weighted by Crippen LogP contribution is -2.43. The van der Waals surface area contributed by atoms with Gasteiger partial charge in [-0.3, -0.25) is 0 Å². The molecule has 8 aromatic carbocycles. The Kier molecular flexibility index (Phi) is 7.67. The van der Waals surface area contributed by atoms with Gasteiger partial charge in [-0.15, -0.1) is 0 Å². The van der Waals surface area contributed by atoms with Gasteiger partial charge in [-0.1, -0.05) is 195 Å². The maximum absolute atomic E-state index is 5.28. The minimum absolute atomic E-state index is 0.272. The van der Waals surface area contributed by atoms with Crippen molar-refractivity contribution in [3.63, 3.8) is 0 Å². The van der Waals surface area contributed by atoms with Crippen LogP contribution in [0.5, 0.6) is 0 Å². The first-order chi connectivity index (χ1) is 28.0. The van der Waals surface area contributed by atoms with Gasteiger partial charge in [0, 0.05) is 31.9 Å². The smallest absolute Gasteiger partial charge is 0.164 e. The summed E-state index contributed by atoms with van der Waals surface area (Å²) in [6.45, 7) is 4.77. The van der Waals surface area contributed by atoms with Gasteiger partial charge in [0.2, 0.25) is 0 Å². The Morgan fingerprint density at radius 2 is 0.895 bits per heavy atom. The average molecular weight is 748 g/mol. The van der Waals surface area contributed by atoms with Crippen LogP contribution in [-0.4, -0.2) is 15.0 Å². The van der Waals surface area contributed by atoms with Gasteiger partial charge in [-0.25, -0.2) is 15.0 Å². The number of aromatic nitrogens is 3. The molecule has 0 atom stereocenters. The molecule has 2 heterocycles. The van der Waals surface area contributed by atoms with Crippen LogP contribution in [0, 0.1) is 0 Å². The van der Waals surface area contributed by atoms with E-state index in [0.717, 1.165) is 38.6 Å². The van der Waals surface area contributed by atoms with Gasteiger partial charge in [0.1, 0.15) is 0 Å². The lowest BCUT2D eigenvalue weighted by molar-refractivity contribution is 0.549. The van der Waals surface area contributed by atoms with Gasteiger partial charge in [0.25, 0.3) is 0 Å². The van der Waals surface area contributed by atoms with E-state index >= 15 is 0 Å². The van der Waals surface area contributed by atoms with Crippen molar-refractivity contribution in [3.8, 4) is 45.3 Å². The van der Waals surface area contributed by atoms with Crippen LogP contribution in [0.15, 0.2) is 198 Å². The highest BCUT2D eigenvalue weighted by atomic mass is 32.2. The van der Waals surface area contributed by atoms with Crippen molar-refractivity contribution in [1.29, 1.82) is 0 Å². The van der Waals surface area contributed by atoms with Gasteiger partial charge < -0.3 is 0 Å². The van der Waals surface area contributed by atoms with E-state index < -0.39 is 5.41 Å². The fourth-order valence-electron chi connectivity index (χ4n) is 9.46.